The number of hydrogen-bond acceptors (Lipinski definition) is 3. The van der Waals surface area contributed by atoms with Crippen LogP contribution in [0.4, 0.5) is 5.69 Å². The molecule has 1 aliphatic rings. The molecule has 0 atom stereocenters. The van der Waals surface area contributed by atoms with E-state index in [0.717, 1.165) is 32.4 Å². The summed E-state index contributed by atoms with van der Waals surface area (Å²) in [6, 6.07) is 4.50. The first-order valence-electron chi connectivity index (χ1n) is 5.83. The van der Waals surface area contributed by atoms with E-state index in [2.05, 4.69) is 15.9 Å². The molecule has 0 saturated carbocycles. The maximum atomic E-state index is 12.2. The first kappa shape index (κ1) is 13.0. The summed E-state index contributed by atoms with van der Waals surface area (Å²) in [5.74, 6) is -0.120. The molecule has 6 heteroatoms. The van der Waals surface area contributed by atoms with Crippen molar-refractivity contribution < 1.29 is 9.72 Å². The van der Waals surface area contributed by atoms with Crippen LogP contribution in [0, 0.1) is 10.1 Å². The van der Waals surface area contributed by atoms with Gasteiger partial charge in [0.05, 0.1) is 9.40 Å². The maximum absolute atomic E-state index is 12.2. The van der Waals surface area contributed by atoms with Crippen molar-refractivity contribution in [2.45, 2.75) is 19.3 Å². The molecule has 1 aliphatic heterocycles. The third-order valence-corrected chi connectivity index (χ3v) is 3.70. The molecule has 0 aromatic heterocycles. The Morgan fingerprint density at radius 1 is 1.28 bits per heavy atom. The lowest BCUT2D eigenvalue weighted by Crippen LogP contribution is -2.35. The lowest BCUT2D eigenvalue weighted by Gasteiger charge is -2.26. The van der Waals surface area contributed by atoms with Crippen LogP contribution in [0.2, 0.25) is 0 Å². The van der Waals surface area contributed by atoms with Crippen molar-refractivity contribution in [2.24, 2.45) is 0 Å². The van der Waals surface area contributed by atoms with Crippen molar-refractivity contribution in [1.82, 2.24) is 4.90 Å². The van der Waals surface area contributed by atoms with E-state index in [-0.39, 0.29) is 11.6 Å². The van der Waals surface area contributed by atoms with Crippen LogP contribution in [0.25, 0.3) is 0 Å². The van der Waals surface area contributed by atoms with Crippen LogP contribution >= 0.6 is 15.9 Å². The average Bonchev–Trinajstić information content (AvgIpc) is 2.39. The highest BCUT2D eigenvalue weighted by atomic mass is 79.9. The zero-order valence-electron chi connectivity index (χ0n) is 9.76. The monoisotopic (exact) mass is 312 g/mol. The van der Waals surface area contributed by atoms with Gasteiger partial charge in [-0.2, -0.15) is 0 Å². The van der Waals surface area contributed by atoms with Crippen LogP contribution in [0.5, 0.6) is 0 Å². The van der Waals surface area contributed by atoms with Gasteiger partial charge in [0.15, 0.2) is 0 Å². The number of carbonyl (C=O) groups is 1. The van der Waals surface area contributed by atoms with Gasteiger partial charge in [0.1, 0.15) is 0 Å². The third kappa shape index (κ3) is 2.69. The third-order valence-electron chi connectivity index (χ3n) is 3.03. The molecule has 1 saturated heterocycles. The molecule has 1 fully saturated rings. The van der Waals surface area contributed by atoms with Crippen molar-refractivity contribution in [3.8, 4) is 0 Å². The maximum Gasteiger partial charge on any atom is 0.284 e. The normalized spacial score (nSPS) is 15.5. The van der Waals surface area contributed by atoms with E-state index in [4.69, 9.17) is 0 Å². The number of amides is 1. The molecular weight excluding hydrogens is 300 g/mol. The minimum Gasteiger partial charge on any atom is -0.339 e. The second-order valence-electron chi connectivity index (χ2n) is 4.28. The molecule has 0 bridgehead atoms. The molecule has 0 aliphatic carbocycles. The molecule has 1 aromatic rings. The van der Waals surface area contributed by atoms with Gasteiger partial charge in [-0.1, -0.05) is 0 Å². The van der Waals surface area contributed by atoms with E-state index < -0.39 is 4.92 Å². The quantitative estimate of drug-likeness (QED) is 0.623. The van der Waals surface area contributed by atoms with Crippen LogP contribution < -0.4 is 0 Å². The minimum atomic E-state index is -0.489. The Balaban J connectivity index is 2.24. The summed E-state index contributed by atoms with van der Waals surface area (Å²) in [5, 5.41) is 10.8. The standard InChI is InChI=1S/C12H13BrN2O3/c13-10-5-4-9(8-11(10)15(17)18)12(16)14-6-2-1-3-7-14/h4-5,8H,1-3,6-7H2. The van der Waals surface area contributed by atoms with Gasteiger partial charge in [-0.3, -0.25) is 14.9 Å². The Hall–Kier alpha value is -1.43. The molecule has 0 unspecified atom stereocenters. The fourth-order valence-electron chi connectivity index (χ4n) is 2.07. The van der Waals surface area contributed by atoms with Crippen LogP contribution in [0.15, 0.2) is 22.7 Å². The number of nitro groups is 1. The fraction of sp³-hybridized carbons (Fsp3) is 0.417. The molecule has 18 heavy (non-hydrogen) atoms. The van der Waals surface area contributed by atoms with Crippen LogP contribution in [-0.4, -0.2) is 28.8 Å². The Kier molecular flexibility index (Phi) is 3.96. The number of hydrogen-bond donors (Lipinski definition) is 0. The van der Waals surface area contributed by atoms with Crippen LogP contribution in [-0.2, 0) is 0 Å². The first-order chi connectivity index (χ1) is 8.59. The van der Waals surface area contributed by atoms with Crippen molar-refractivity contribution in [3.05, 3.63) is 38.3 Å². The number of carbonyl (C=O) groups excluding carboxylic acids is 1. The van der Waals surface area contributed by atoms with Gasteiger partial charge in [-0.25, -0.2) is 0 Å². The van der Waals surface area contributed by atoms with Gasteiger partial charge in [0, 0.05) is 24.7 Å². The fourth-order valence-corrected chi connectivity index (χ4v) is 2.46. The number of rotatable bonds is 2. The van der Waals surface area contributed by atoms with E-state index in [1.54, 1.807) is 17.0 Å². The molecule has 1 heterocycles. The molecule has 1 amide bonds. The van der Waals surface area contributed by atoms with Gasteiger partial charge in [-0.15, -0.1) is 0 Å². The number of halogens is 1. The van der Waals surface area contributed by atoms with Gasteiger partial charge in [-0.05, 0) is 47.3 Å². The highest BCUT2D eigenvalue weighted by molar-refractivity contribution is 9.10. The summed E-state index contributed by atoms with van der Waals surface area (Å²) in [4.78, 5) is 24.3. The van der Waals surface area contributed by atoms with Crippen molar-refractivity contribution in [1.29, 1.82) is 0 Å². The summed E-state index contributed by atoms with van der Waals surface area (Å²) in [6.45, 7) is 1.48. The van der Waals surface area contributed by atoms with Gasteiger partial charge < -0.3 is 4.90 Å². The SMILES string of the molecule is O=C(c1ccc(Br)c([N+](=O)[O-])c1)N1CCCCC1. The van der Waals surface area contributed by atoms with Crippen molar-refractivity contribution in [3.63, 3.8) is 0 Å². The zero-order valence-corrected chi connectivity index (χ0v) is 11.4. The Bertz CT molecular complexity index is 484. The molecular formula is C12H13BrN2O3. The van der Waals surface area contributed by atoms with Crippen molar-refractivity contribution >= 4 is 27.5 Å². The molecule has 0 radical (unpaired) electrons. The Morgan fingerprint density at radius 3 is 2.56 bits per heavy atom. The predicted molar refractivity (Wildman–Crippen MR) is 70.6 cm³/mol. The van der Waals surface area contributed by atoms with E-state index in [0.29, 0.717) is 10.0 Å². The molecule has 2 rings (SSSR count). The van der Waals surface area contributed by atoms with Gasteiger partial charge in [0.25, 0.3) is 11.6 Å². The predicted octanol–water partition coefficient (Wildman–Crippen LogP) is 2.98. The topological polar surface area (TPSA) is 63.4 Å². The minimum absolute atomic E-state index is 0.0714. The largest absolute Gasteiger partial charge is 0.339 e. The van der Waals surface area contributed by atoms with E-state index in [1.807, 2.05) is 0 Å². The second kappa shape index (κ2) is 5.48. The average molecular weight is 313 g/mol. The van der Waals surface area contributed by atoms with E-state index in [1.165, 1.54) is 6.07 Å². The summed E-state index contributed by atoms with van der Waals surface area (Å²) < 4.78 is 0.391. The number of nitrogens with zero attached hydrogens (tertiary/aromatic N) is 2. The summed E-state index contributed by atoms with van der Waals surface area (Å²) >= 11 is 3.11. The molecule has 0 N–H and O–H groups in total. The lowest BCUT2D eigenvalue weighted by molar-refractivity contribution is -0.385. The second-order valence-corrected chi connectivity index (χ2v) is 5.13. The van der Waals surface area contributed by atoms with Crippen molar-refractivity contribution in [2.75, 3.05) is 13.1 Å². The van der Waals surface area contributed by atoms with Crippen LogP contribution in [0.1, 0.15) is 29.6 Å². The summed E-state index contributed by atoms with van der Waals surface area (Å²) in [5.41, 5.74) is 0.310. The van der Waals surface area contributed by atoms with Gasteiger partial charge >= 0.3 is 0 Å². The Morgan fingerprint density at radius 2 is 1.94 bits per heavy atom. The lowest BCUT2D eigenvalue weighted by atomic mass is 10.1. The number of nitro benzene ring substituents is 1. The summed E-state index contributed by atoms with van der Waals surface area (Å²) in [6.07, 6.45) is 3.15. The van der Waals surface area contributed by atoms with Crippen LogP contribution in [0.3, 0.4) is 0 Å². The molecule has 1 aromatic carbocycles. The van der Waals surface area contributed by atoms with Gasteiger partial charge in [0.2, 0.25) is 0 Å². The number of likely N-dealkylation sites (tertiary alicyclic amines) is 1. The van der Waals surface area contributed by atoms with E-state index >= 15 is 0 Å². The highest BCUT2D eigenvalue weighted by Gasteiger charge is 2.21. The molecule has 5 nitrogen and oxygen atoms in total. The molecule has 0 spiro atoms. The zero-order chi connectivity index (χ0) is 13.1. The smallest absolute Gasteiger partial charge is 0.284 e. The summed E-state index contributed by atoms with van der Waals surface area (Å²) in [7, 11) is 0. The number of piperidine rings is 1. The molecule has 96 valence electrons. The Labute approximate surface area is 113 Å². The number of benzene rings is 1. The highest BCUT2D eigenvalue weighted by Crippen LogP contribution is 2.26. The van der Waals surface area contributed by atoms with E-state index in [9.17, 15) is 14.9 Å². The first-order valence-corrected chi connectivity index (χ1v) is 6.62.